The molecule has 0 spiro atoms. The lowest BCUT2D eigenvalue weighted by Crippen LogP contribution is -2.13. The summed E-state index contributed by atoms with van der Waals surface area (Å²) < 4.78 is 3.35. The van der Waals surface area contributed by atoms with Crippen molar-refractivity contribution in [3.8, 4) is 0 Å². The van der Waals surface area contributed by atoms with Gasteiger partial charge < -0.3 is 16.0 Å². The van der Waals surface area contributed by atoms with Crippen LogP contribution in [-0.4, -0.2) is 46.3 Å². The van der Waals surface area contributed by atoms with Crippen molar-refractivity contribution >= 4 is 57.4 Å². The molecular formula is C18H19ClN10O. The van der Waals surface area contributed by atoms with Crippen molar-refractivity contribution in [2.24, 2.45) is 14.1 Å². The molecule has 0 fully saturated rings. The Balaban J connectivity index is 1.62. The number of nitrogens with zero attached hydrogens (tertiary/aromatic N) is 7. The monoisotopic (exact) mass is 426 g/mol. The van der Waals surface area contributed by atoms with Crippen LogP contribution in [0.2, 0.25) is 0 Å². The molecule has 0 bridgehead atoms. The van der Waals surface area contributed by atoms with Crippen molar-refractivity contribution in [1.29, 1.82) is 0 Å². The topological polar surface area (TPSA) is 127 Å². The van der Waals surface area contributed by atoms with Crippen molar-refractivity contribution in [1.82, 2.24) is 34.5 Å². The molecule has 0 unspecified atom stereocenters. The third-order valence-electron chi connectivity index (χ3n) is 4.29. The minimum Gasteiger partial charge on any atom is -0.337 e. The van der Waals surface area contributed by atoms with Crippen molar-refractivity contribution in [2.75, 3.05) is 21.8 Å². The van der Waals surface area contributed by atoms with E-state index in [-0.39, 0.29) is 11.8 Å². The molecule has 0 aliphatic rings. The van der Waals surface area contributed by atoms with Crippen LogP contribution in [0, 0.1) is 6.92 Å². The first-order valence-corrected chi connectivity index (χ1v) is 9.51. The van der Waals surface area contributed by atoms with Gasteiger partial charge in [-0.3, -0.25) is 14.5 Å². The molecule has 0 radical (unpaired) electrons. The minimum atomic E-state index is -0.307. The van der Waals surface area contributed by atoms with E-state index in [0.29, 0.717) is 28.8 Å². The van der Waals surface area contributed by atoms with Crippen LogP contribution in [-0.2, 0) is 18.9 Å². The molecule has 30 heavy (non-hydrogen) atoms. The lowest BCUT2D eigenvalue weighted by molar-refractivity contribution is -0.113. The van der Waals surface area contributed by atoms with E-state index in [4.69, 9.17) is 11.6 Å². The molecule has 0 aliphatic heterocycles. The second kappa shape index (κ2) is 7.95. The summed E-state index contributed by atoms with van der Waals surface area (Å²) >= 11 is 5.55. The van der Waals surface area contributed by atoms with Gasteiger partial charge in [-0.2, -0.15) is 15.2 Å². The summed E-state index contributed by atoms with van der Waals surface area (Å²) in [6.45, 7) is 1.85. The summed E-state index contributed by atoms with van der Waals surface area (Å²) in [5, 5.41) is 18.4. The highest BCUT2D eigenvalue weighted by Gasteiger charge is 2.14. The maximum absolute atomic E-state index is 11.5. The fraction of sp³-hybridized carbons (Fsp3) is 0.222. The van der Waals surface area contributed by atoms with Gasteiger partial charge in [0.25, 0.3) is 0 Å². The highest BCUT2D eigenvalue weighted by Crippen LogP contribution is 2.27. The molecule has 0 atom stereocenters. The zero-order chi connectivity index (χ0) is 21.3. The van der Waals surface area contributed by atoms with Gasteiger partial charge in [0.05, 0.1) is 40.5 Å². The van der Waals surface area contributed by atoms with E-state index in [9.17, 15) is 4.79 Å². The summed E-state index contributed by atoms with van der Waals surface area (Å²) in [5.74, 6) is 0.576. The second-order valence-corrected chi connectivity index (χ2v) is 6.86. The third-order valence-corrected chi connectivity index (χ3v) is 4.53. The normalized spacial score (nSPS) is 10.9. The van der Waals surface area contributed by atoms with Crippen LogP contribution < -0.4 is 16.0 Å². The van der Waals surface area contributed by atoms with Gasteiger partial charge in [0, 0.05) is 26.5 Å². The highest BCUT2D eigenvalue weighted by atomic mass is 35.5. The lowest BCUT2D eigenvalue weighted by Gasteiger charge is -2.10. The van der Waals surface area contributed by atoms with Gasteiger partial charge in [0.1, 0.15) is 5.88 Å². The van der Waals surface area contributed by atoms with Crippen LogP contribution in [0.4, 0.5) is 28.8 Å². The number of halogens is 1. The summed E-state index contributed by atoms with van der Waals surface area (Å²) in [4.78, 5) is 24.8. The van der Waals surface area contributed by atoms with E-state index >= 15 is 0 Å². The summed E-state index contributed by atoms with van der Waals surface area (Å²) in [7, 11) is 3.64. The van der Waals surface area contributed by atoms with Gasteiger partial charge in [-0.1, -0.05) is 0 Å². The van der Waals surface area contributed by atoms with Crippen molar-refractivity contribution in [2.45, 2.75) is 6.92 Å². The molecule has 4 rings (SSSR count). The molecule has 0 saturated carbocycles. The Morgan fingerprint density at radius 2 is 1.97 bits per heavy atom. The van der Waals surface area contributed by atoms with Gasteiger partial charge in [0.15, 0.2) is 11.5 Å². The smallest absolute Gasteiger partial charge is 0.239 e. The van der Waals surface area contributed by atoms with E-state index < -0.39 is 0 Å². The maximum Gasteiger partial charge on any atom is 0.239 e. The zero-order valence-electron chi connectivity index (χ0n) is 16.5. The highest BCUT2D eigenvalue weighted by molar-refractivity contribution is 6.29. The quantitative estimate of drug-likeness (QED) is 0.401. The number of aromatic nitrogens is 7. The molecule has 11 nitrogen and oxygen atoms in total. The van der Waals surface area contributed by atoms with E-state index in [1.165, 1.54) is 0 Å². The lowest BCUT2D eigenvalue weighted by atomic mass is 10.2. The van der Waals surface area contributed by atoms with Crippen molar-refractivity contribution < 1.29 is 4.79 Å². The first kappa shape index (κ1) is 19.6. The molecule has 0 saturated heterocycles. The number of nitrogens with one attached hydrogen (secondary N) is 3. The molecular weight excluding hydrogens is 408 g/mol. The van der Waals surface area contributed by atoms with Crippen molar-refractivity contribution in [3.05, 3.63) is 36.5 Å². The Morgan fingerprint density at radius 1 is 1.13 bits per heavy atom. The van der Waals surface area contributed by atoms with Gasteiger partial charge in [-0.15, -0.1) is 11.6 Å². The van der Waals surface area contributed by atoms with Gasteiger partial charge in [0.2, 0.25) is 11.9 Å². The number of hydrogen-bond acceptors (Lipinski definition) is 8. The van der Waals surface area contributed by atoms with E-state index in [1.54, 1.807) is 41.1 Å². The molecule has 4 aromatic heterocycles. The Kier molecular flexibility index (Phi) is 5.19. The van der Waals surface area contributed by atoms with Crippen LogP contribution in [0.1, 0.15) is 5.69 Å². The molecule has 4 heterocycles. The predicted molar refractivity (Wildman–Crippen MR) is 114 cm³/mol. The Morgan fingerprint density at radius 3 is 2.70 bits per heavy atom. The number of carbonyl (C=O) groups is 1. The van der Waals surface area contributed by atoms with E-state index in [0.717, 1.165) is 16.8 Å². The van der Waals surface area contributed by atoms with Crippen LogP contribution in [0.25, 0.3) is 11.0 Å². The summed E-state index contributed by atoms with van der Waals surface area (Å²) in [6.07, 6.45) is 6.78. The number of rotatable bonds is 6. The van der Waals surface area contributed by atoms with Gasteiger partial charge >= 0.3 is 0 Å². The Bertz CT molecular complexity index is 1230. The first-order chi connectivity index (χ1) is 14.4. The number of aryl methyl sites for hydroxylation is 3. The molecule has 0 aromatic carbocycles. The third kappa shape index (κ3) is 4.01. The second-order valence-electron chi connectivity index (χ2n) is 6.59. The molecule has 3 N–H and O–H groups in total. The number of alkyl halides is 1. The number of pyridine rings is 1. The van der Waals surface area contributed by atoms with Crippen LogP contribution >= 0.6 is 11.6 Å². The van der Waals surface area contributed by atoms with Gasteiger partial charge in [-0.25, -0.2) is 9.67 Å². The molecule has 1 amide bonds. The molecule has 154 valence electrons. The average molecular weight is 427 g/mol. The maximum atomic E-state index is 11.5. The molecule has 0 aliphatic carbocycles. The standard InChI is InChI=1S/C18H19ClN10O/c1-10-14(4-11(6-20-10)23-15(30)5-19)25-16-13-8-21-18(26-17(13)29(3)27-16)24-12-7-22-28(2)9-12/h4,6-9H,5H2,1-3H3,(H,23,30)(H,25,27)(H,21,24,26). The van der Waals surface area contributed by atoms with E-state index in [1.807, 2.05) is 20.2 Å². The van der Waals surface area contributed by atoms with Crippen molar-refractivity contribution in [3.63, 3.8) is 0 Å². The number of hydrogen-bond donors (Lipinski definition) is 3. The number of amides is 1. The van der Waals surface area contributed by atoms with Crippen LogP contribution in [0.15, 0.2) is 30.9 Å². The molecule has 4 aromatic rings. The number of anilines is 5. The fourth-order valence-electron chi connectivity index (χ4n) is 2.86. The largest absolute Gasteiger partial charge is 0.337 e. The van der Waals surface area contributed by atoms with Gasteiger partial charge in [-0.05, 0) is 13.0 Å². The minimum absolute atomic E-state index is 0.131. The summed E-state index contributed by atoms with van der Waals surface area (Å²) in [6, 6.07) is 1.77. The predicted octanol–water partition coefficient (Wildman–Crippen LogP) is 2.46. The average Bonchev–Trinajstić information content (AvgIpc) is 3.27. The van der Waals surface area contributed by atoms with E-state index in [2.05, 4.69) is 41.1 Å². The number of fused-ring (bicyclic) bond motifs is 1. The summed E-state index contributed by atoms with van der Waals surface area (Å²) in [5.41, 5.74) is 3.41. The van der Waals surface area contributed by atoms with Crippen LogP contribution in [0.5, 0.6) is 0 Å². The first-order valence-electron chi connectivity index (χ1n) is 8.98. The fourth-order valence-corrected chi connectivity index (χ4v) is 2.92. The molecule has 12 heteroatoms. The number of carbonyl (C=O) groups excluding carboxylic acids is 1. The Labute approximate surface area is 176 Å². The SMILES string of the molecule is Cc1ncc(NC(=O)CCl)cc1Nc1nn(C)c2nc(Nc3cnn(C)c3)ncc12. The Hall–Kier alpha value is -3.73. The zero-order valence-corrected chi connectivity index (χ0v) is 17.3. The van der Waals surface area contributed by atoms with Crippen LogP contribution in [0.3, 0.4) is 0 Å².